The van der Waals surface area contributed by atoms with Crippen LogP contribution in [0.3, 0.4) is 0 Å². The topological polar surface area (TPSA) is 26.2 Å². The summed E-state index contributed by atoms with van der Waals surface area (Å²) in [5.41, 5.74) is 2.31. The van der Waals surface area contributed by atoms with Gasteiger partial charge in [0, 0.05) is 19.0 Å². The van der Waals surface area contributed by atoms with Crippen molar-refractivity contribution in [3.8, 4) is 11.4 Å². The number of piperidine rings is 1. The third-order valence-electron chi connectivity index (χ3n) is 4.06. The number of nitrogens with one attached hydrogen (secondary N) is 1. The van der Waals surface area contributed by atoms with E-state index in [0.29, 0.717) is 0 Å². The molecule has 2 aliphatic heterocycles. The molecule has 1 N–H and O–H groups in total. The molecule has 4 rings (SSSR count). The summed E-state index contributed by atoms with van der Waals surface area (Å²) in [5, 5.41) is 3.41. The minimum absolute atomic E-state index is 0. The van der Waals surface area contributed by atoms with Gasteiger partial charge in [0.2, 0.25) is 0 Å². The second-order valence-electron chi connectivity index (χ2n) is 5.08. The van der Waals surface area contributed by atoms with Crippen LogP contribution in [0.1, 0.15) is 18.5 Å². The summed E-state index contributed by atoms with van der Waals surface area (Å²) in [5.74, 6) is 1.00. The van der Waals surface area contributed by atoms with Gasteiger partial charge in [-0.1, -0.05) is 12.1 Å². The first-order chi connectivity index (χ1) is 8.89. The molecule has 100 valence electrons. The summed E-state index contributed by atoms with van der Waals surface area (Å²) < 4.78 is 8.67. The van der Waals surface area contributed by atoms with Gasteiger partial charge in [0.05, 0.1) is 11.4 Å². The smallest absolute Gasteiger partial charge is 0.152 e. The van der Waals surface area contributed by atoms with E-state index in [4.69, 9.17) is 4.74 Å². The minimum atomic E-state index is -0.136. The highest BCUT2D eigenvalue weighted by Gasteiger charge is 2.41. The van der Waals surface area contributed by atoms with Gasteiger partial charge in [-0.3, -0.25) is 0 Å². The zero-order valence-electron chi connectivity index (χ0n) is 10.6. The molecule has 0 unspecified atom stereocenters. The van der Waals surface area contributed by atoms with Gasteiger partial charge in [0.15, 0.2) is 5.60 Å². The fourth-order valence-electron chi connectivity index (χ4n) is 3.16. The van der Waals surface area contributed by atoms with Gasteiger partial charge in [0.25, 0.3) is 0 Å². The maximum absolute atomic E-state index is 6.38. The fraction of sp³-hybridized carbons (Fsp3) is 0.333. The van der Waals surface area contributed by atoms with Crippen LogP contribution in [0.4, 0.5) is 0 Å². The lowest BCUT2D eigenvalue weighted by Gasteiger charge is -2.42. The van der Waals surface area contributed by atoms with Crippen LogP contribution in [0.5, 0.6) is 5.75 Å². The quantitative estimate of drug-likeness (QED) is 0.801. The summed E-state index contributed by atoms with van der Waals surface area (Å²) in [6.07, 6.45) is 4.21. The molecule has 0 amide bonds. The molecular weight excluding hydrogens is 260 g/mol. The predicted octanol–water partition coefficient (Wildman–Crippen LogP) is 2.87. The van der Waals surface area contributed by atoms with Crippen LogP contribution in [0.2, 0.25) is 0 Å². The summed E-state index contributed by atoms with van der Waals surface area (Å²) in [6.45, 7) is 2.04. The Morgan fingerprint density at radius 3 is 2.68 bits per heavy atom. The van der Waals surface area contributed by atoms with Gasteiger partial charge in [-0.2, -0.15) is 0 Å². The Kier molecular flexibility index (Phi) is 3.03. The monoisotopic (exact) mass is 276 g/mol. The first-order valence-corrected chi connectivity index (χ1v) is 6.56. The highest BCUT2D eigenvalue weighted by Crippen LogP contribution is 2.43. The number of ether oxygens (including phenoxy) is 1. The molecule has 0 atom stereocenters. The third-order valence-corrected chi connectivity index (χ3v) is 4.06. The maximum atomic E-state index is 6.38. The summed E-state index contributed by atoms with van der Waals surface area (Å²) in [4.78, 5) is 0. The highest BCUT2D eigenvalue weighted by atomic mass is 35.5. The van der Waals surface area contributed by atoms with Crippen LogP contribution in [-0.2, 0) is 5.60 Å². The zero-order chi connectivity index (χ0) is 12.0. The SMILES string of the molecule is Cl.c1ccc2c(c1)OC1(CCNCC1)c1cccn1-2. The van der Waals surface area contributed by atoms with Crippen molar-refractivity contribution in [3.05, 3.63) is 48.3 Å². The first kappa shape index (κ1) is 12.6. The Hall–Kier alpha value is -1.45. The van der Waals surface area contributed by atoms with E-state index in [0.717, 1.165) is 37.4 Å². The van der Waals surface area contributed by atoms with E-state index in [1.807, 2.05) is 6.07 Å². The van der Waals surface area contributed by atoms with Crippen molar-refractivity contribution in [1.29, 1.82) is 0 Å². The number of nitrogens with zero attached hydrogens (tertiary/aromatic N) is 1. The average Bonchev–Trinajstić information content (AvgIpc) is 2.90. The minimum Gasteiger partial charge on any atom is -0.479 e. The molecule has 1 aromatic heterocycles. The van der Waals surface area contributed by atoms with E-state index in [-0.39, 0.29) is 18.0 Å². The van der Waals surface area contributed by atoms with E-state index in [2.05, 4.69) is 46.4 Å². The zero-order valence-corrected chi connectivity index (χ0v) is 11.5. The van der Waals surface area contributed by atoms with Crippen LogP contribution in [-0.4, -0.2) is 17.7 Å². The molecule has 2 aromatic rings. The Morgan fingerprint density at radius 1 is 1.05 bits per heavy atom. The second kappa shape index (κ2) is 4.58. The highest BCUT2D eigenvalue weighted by molar-refractivity contribution is 5.85. The molecule has 0 radical (unpaired) electrons. The summed E-state index contributed by atoms with van der Waals surface area (Å²) in [7, 11) is 0. The average molecular weight is 277 g/mol. The number of rotatable bonds is 0. The molecule has 1 spiro atoms. The van der Waals surface area contributed by atoms with Gasteiger partial charge in [0.1, 0.15) is 5.75 Å². The van der Waals surface area contributed by atoms with Crippen molar-refractivity contribution >= 4 is 12.4 Å². The predicted molar refractivity (Wildman–Crippen MR) is 77.4 cm³/mol. The number of hydrogen-bond donors (Lipinski definition) is 1. The molecule has 0 saturated carbocycles. The fourth-order valence-corrected chi connectivity index (χ4v) is 3.16. The van der Waals surface area contributed by atoms with Gasteiger partial charge in [-0.05, 0) is 37.4 Å². The van der Waals surface area contributed by atoms with E-state index >= 15 is 0 Å². The van der Waals surface area contributed by atoms with Crippen molar-refractivity contribution < 1.29 is 4.74 Å². The lowest BCUT2D eigenvalue weighted by Crippen LogP contribution is -2.46. The van der Waals surface area contributed by atoms with Gasteiger partial charge >= 0.3 is 0 Å². The first-order valence-electron chi connectivity index (χ1n) is 6.56. The molecule has 2 aliphatic rings. The van der Waals surface area contributed by atoms with Crippen molar-refractivity contribution in [3.63, 3.8) is 0 Å². The molecule has 1 fully saturated rings. The van der Waals surface area contributed by atoms with Crippen LogP contribution in [0.25, 0.3) is 5.69 Å². The van der Waals surface area contributed by atoms with Crippen molar-refractivity contribution in [2.45, 2.75) is 18.4 Å². The molecule has 1 aromatic carbocycles. The number of halogens is 1. The Labute approximate surface area is 119 Å². The van der Waals surface area contributed by atoms with E-state index in [9.17, 15) is 0 Å². The van der Waals surface area contributed by atoms with Crippen molar-refractivity contribution in [2.75, 3.05) is 13.1 Å². The second-order valence-corrected chi connectivity index (χ2v) is 5.08. The van der Waals surface area contributed by atoms with Crippen LogP contribution >= 0.6 is 12.4 Å². The normalized spacial score (nSPS) is 18.9. The molecule has 3 nitrogen and oxygen atoms in total. The van der Waals surface area contributed by atoms with Crippen LogP contribution < -0.4 is 10.1 Å². The largest absolute Gasteiger partial charge is 0.479 e. The Balaban J connectivity index is 0.00000110. The van der Waals surface area contributed by atoms with Crippen molar-refractivity contribution in [2.24, 2.45) is 0 Å². The lowest BCUT2D eigenvalue weighted by atomic mass is 9.87. The van der Waals surface area contributed by atoms with Gasteiger partial charge < -0.3 is 14.6 Å². The van der Waals surface area contributed by atoms with Crippen molar-refractivity contribution in [1.82, 2.24) is 9.88 Å². The molecule has 1 saturated heterocycles. The molecule has 3 heterocycles. The third kappa shape index (κ3) is 1.77. The number of hydrogen-bond acceptors (Lipinski definition) is 2. The van der Waals surface area contributed by atoms with E-state index < -0.39 is 0 Å². The molecule has 0 aliphatic carbocycles. The molecule has 0 bridgehead atoms. The van der Waals surface area contributed by atoms with E-state index in [1.54, 1.807) is 0 Å². The molecular formula is C15H17ClN2O. The number of benzene rings is 1. The maximum Gasteiger partial charge on any atom is 0.152 e. The Morgan fingerprint density at radius 2 is 1.84 bits per heavy atom. The van der Waals surface area contributed by atoms with Gasteiger partial charge in [-0.15, -0.1) is 12.4 Å². The summed E-state index contributed by atoms with van der Waals surface area (Å²) in [6, 6.07) is 12.6. The molecule has 19 heavy (non-hydrogen) atoms. The number of para-hydroxylation sites is 2. The molecule has 4 heteroatoms. The van der Waals surface area contributed by atoms with Crippen LogP contribution in [0, 0.1) is 0 Å². The number of aromatic nitrogens is 1. The standard InChI is InChI=1S/C15H16N2O.ClH/c1-2-5-13-12(4-1)17-11-3-6-14(17)15(18-13)7-9-16-10-8-15;/h1-6,11,16H,7-10H2;1H. The van der Waals surface area contributed by atoms with Crippen LogP contribution in [0.15, 0.2) is 42.6 Å². The number of fused-ring (bicyclic) bond motifs is 4. The van der Waals surface area contributed by atoms with E-state index in [1.165, 1.54) is 5.69 Å². The van der Waals surface area contributed by atoms with Gasteiger partial charge in [-0.25, -0.2) is 0 Å². The lowest BCUT2D eigenvalue weighted by molar-refractivity contribution is 0.0203. The summed E-state index contributed by atoms with van der Waals surface area (Å²) >= 11 is 0. The Bertz CT molecular complexity index is 587.